The molecule has 0 bridgehead atoms. The molecule has 2 aromatic rings. The number of hydrogen-bond acceptors (Lipinski definition) is 7. The molecule has 1 amide bonds. The van der Waals surface area contributed by atoms with Crippen LogP contribution in [-0.4, -0.2) is 38.5 Å². The number of nitrogens with one attached hydrogen (secondary N) is 2. The van der Waals surface area contributed by atoms with Crippen molar-refractivity contribution in [3.8, 4) is 0 Å². The van der Waals surface area contributed by atoms with Crippen molar-refractivity contribution in [3.63, 3.8) is 0 Å². The summed E-state index contributed by atoms with van der Waals surface area (Å²) < 4.78 is 5.64. The predicted molar refractivity (Wildman–Crippen MR) is 85.8 cm³/mol. The van der Waals surface area contributed by atoms with Crippen LogP contribution in [0.5, 0.6) is 0 Å². The summed E-state index contributed by atoms with van der Waals surface area (Å²) in [5.74, 6) is 0.929. The Morgan fingerprint density at radius 3 is 2.78 bits per heavy atom. The molecule has 0 aromatic carbocycles. The standard InChI is InChI=1S/C15H20N6O2/c1-10(8-23-9-13-5-4-6-16-7-13)17-14-18-11(2)19-15(21-14)20-12(3)22/h4-7,10H,8-9H2,1-3H3,(H2,17,18,19,20,21,22). The van der Waals surface area contributed by atoms with E-state index in [1.807, 2.05) is 19.1 Å². The number of amides is 1. The lowest BCUT2D eigenvalue weighted by Gasteiger charge is -2.15. The van der Waals surface area contributed by atoms with Crippen LogP contribution in [0.15, 0.2) is 24.5 Å². The van der Waals surface area contributed by atoms with E-state index in [1.165, 1.54) is 6.92 Å². The first kappa shape index (κ1) is 16.8. The zero-order chi connectivity index (χ0) is 16.7. The number of carbonyl (C=O) groups excluding carboxylic acids is 1. The summed E-state index contributed by atoms with van der Waals surface area (Å²) in [5, 5.41) is 5.67. The third-order valence-corrected chi connectivity index (χ3v) is 2.77. The second kappa shape index (κ2) is 8.14. The quantitative estimate of drug-likeness (QED) is 0.799. The van der Waals surface area contributed by atoms with Crippen molar-refractivity contribution < 1.29 is 9.53 Å². The minimum absolute atomic E-state index is 0.00125. The number of ether oxygens (including phenoxy) is 1. The Labute approximate surface area is 134 Å². The van der Waals surface area contributed by atoms with Crippen molar-refractivity contribution in [2.75, 3.05) is 17.2 Å². The van der Waals surface area contributed by atoms with Crippen molar-refractivity contribution in [1.82, 2.24) is 19.9 Å². The smallest absolute Gasteiger partial charge is 0.234 e. The Hall–Kier alpha value is -2.61. The molecule has 0 fully saturated rings. The highest BCUT2D eigenvalue weighted by Gasteiger charge is 2.08. The summed E-state index contributed by atoms with van der Waals surface area (Å²) in [7, 11) is 0. The number of aryl methyl sites for hydroxylation is 1. The van der Waals surface area contributed by atoms with Crippen LogP contribution in [-0.2, 0) is 16.1 Å². The van der Waals surface area contributed by atoms with E-state index in [2.05, 4.69) is 30.6 Å². The summed E-state index contributed by atoms with van der Waals surface area (Å²) in [6, 6.07) is 3.83. The molecule has 0 saturated heterocycles. The van der Waals surface area contributed by atoms with Gasteiger partial charge in [-0.2, -0.15) is 15.0 Å². The molecule has 0 saturated carbocycles. The summed E-state index contributed by atoms with van der Waals surface area (Å²) in [6.45, 7) is 6.08. The van der Waals surface area contributed by atoms with Crippen molar-refractivity contribution >= 4 is 17.8 Å². The topological polar surface area (TPSA) is 102 Å². The van der Waals surface area contributed by atoms with E-state index in [9.17, 15) is 4.79 Å². The lowest BCUT2D eigenvalue weighted by molar-refractivity contribution is -0.114. The fourth-order valence-electron chi connectivity index (χ4n) is 1.86. The highest BCUT2D eigenvalue weighted by atomic mass is 16.5. The normalized spacial score (nSPS) is 11.8. The number of hydrogen-bond donors (Lipinski definition) is 2. The van der Waals surface area contributed by atoms with Crippen LogP contribution in [0.1, 0.15) is 25.2 Å². The van der Waals surface area contributed by atoms with Crippen LogP contribution < -0.4 is 10.6 Å². The second-order valence-electron chi connectivity index (χ2n) is 5.13. The predicted octanol–water partition coefficient (Wildman–Crippen LogP) is 1.55. The van der Waals surface area contributed by atoms with E-state index in [4.69, 9.17) is 4.74 Å². The van der Waals surface area contributed by atoms with E-state index >= 15 is 0 Å². The van der Waals surface area contributed by atoms with Gasteiger partial charge < -0.3 is 10.1 Å². The molecule has 23 heavy (non-hydrogen) atoms. The number of rotatable bonds is 7. The minimum Gasteiger partial charge on any atom is -0.375 e. The molecule has 8 nitrogen and oxygen atoms in total. The van der Waals surface area contributed by atoms with Gasteiger partial charge in [0.2, 0.25) is 17.8 Å². The summed E-state index contributed by atoms with van der Waals surface area (Å²) in [5.41, 5.74) is 1.02. The number of pyridine rings is 1. The van der Waals surface area contributed by atoms with Crippen LogP contribution in [0.3, 0.4) is 0 Å². The van der Waals surface area contributed by atoms with E-state index in [1.54, 1.807) is 19.3 Å². The third-order valence-electron chi connectivity index (χ3n) is 2.77. The number of anilines is 2. The number of nitrogens with zero attached hydrogens (tertiary/aromatic N) is 4. The monoisotopic (exact) mass is 316 g/mol. The zero-order valence-electron chi connectivity index (χ0n) is 13.4. The van der Waals surface area contributed by atoms with Crippen LogP contribution >= 0.6 is 0 Å². The summed E-state index contributed by atoms with van der Waals surface area (Å²) in [6.07, 6.45) is 3.50. The van der Waals surface area contributed by atoms with Crippen LogP contribution in [0.4, 0.5) is 11.9 Å². The summed E-state index contributed by atoms with van der Waals surface area (Å²) >= 11 is 0. The van der Waals surface area contributed by atoms with Crippen molar-refractivity contribution in [1.29, 1.82) is 0 Å². The average Bonchev–Trinajstić information content (AvgIpc) is 2.46. The molecular weight excluding hydrogens is 296 g/mol. The van der Waals surface area contributed by atoms with Crippen molar-refractivity contribution in [2.45, 2.75) is 33.4 Å². The van der Waals surface area contributed by atoms with Gasteiger partial charge in [0, 0.05) is 25.4 Å². The first-order valence-corrected chi connectivity index (χ1v) is 7.26. The first-order chi connectivity index (χ1) is 11.0. The third kappa shape index (κ3) is 5.95. The molecule has 0 radical (unpaired) electrons. The summed E-state index contributed by atoms with van der Waals surface area (Å²) in [4.78, 5) is 27.5. The zero-order valence-corrected chi connectivity index (χ0v) is 13.4. The van der Waals surface area contributed by atoms with Crippen LogP contribution in [0, 0.1) is 6.92 Å². The van der Waals surface area contributed by atoms with Gasteiger partial charge in [0.1, 0.15) is 5.82 Å². The largest absolute Gasteiger partial charge is 0.375 e. The lowest BCUT2D eigenvalue weighted by atomic mass is 10.3. The van der Waals surface area contributed by atoms with Gasteiger partial charge in [-0.15, -0.1) is 0 Å². The Bertz CT molecular complexity index is 650. The van der Waals surface area contributed by atoms with Gasteiger partial charge in [-0.05, 0) is 25.5 Å². The molecular formula is C15H20N6O2. The maximum atomic E-state index is 11.1. The molecule has 0 spiro atoms. The molecule has 122 valence electrons. The van der Waals surface area contributed by atoms with Crippen LogP contribution in [0.2, 0.25) is 0 Å². The second-order valence-corrected chi connectivity index (χ2v) is 5.13. The van der Waals surface area contributed by atoms with Gasteiger partial charge in [-0.25, -0.2) is 0 Å². The fourth-order valence-corrected chi connectivity index (χ4v) is 1.86. The number of aromatic nitrogens is 4. The highest BCUT2D eigenvalue weighted by molar-refractivity contribution is 5.86. The molecule has 0 aliphatic heterocycles. The molecule has 1 unspecified atom stereocenters. The molecule has 2 rings (SSSR count). The van der Waals surface area contributed by atoms with Crippen molar-refractivity contribution in [2.24, 2.45) is 0 Å². The van der Waals surface area contributed by atoms with Gasteiger partial charge in [0.05, 0.1) is 13.2 Å². The molecule has 2 N–H and O–H groups in total. The molecule has 8 heteroatoms. The molecule has 0 aliphatic carbocycles. The Morgan fingerprint density at radius 2 is 2.09 bits per heavy atom. The van der Waals surface area contributed by atoms with E-state index in [0.717, 1.165) is 5.56 Å². The van der Waals surface area contributed by atoms with Gasteiger partial charge >= 0.3 is 0 Å². The van der Waals surface area contributed by atoms with Gasteiger partial charge in [-0.1, -0.05) is 6.07 Å². The Kier molecular flexibility index (Phi) is 5.93. The average molecular weight is 316 g/mol. The Morgan fingerprint density at radius 1 is 1.30 bits per heavy atom. The molecule has 2 heterocycles. The minimum atomic E-state index is -0.227. The van der Waals surface area contributed by atoms with Crippen molar-refractivity contribution in [3.05, 3.63) is 35.9 Å². The van der Waals surface area contributed by atoms with Gasteiger partial charge in [0.15, 0.2) is 0 Å². The van der Waals surface area contributed by atoms with E-state index < -0.39 is 0 Å². The number of carbonyl (C=O) groups is 1. The highest BCUT2D eigenvalue weighted by Crippen LogP contribution is 2.07. The first-order valence-electron chi connectivity index (χ1n) is 7.26. The Balaban J connectivity index is 1.85. The molecule has 0 aliphatic rings. The molecule has 2 aromatic heterocycles. The fraction of sp³-hybridized carbons (Fsp3) is 0.400. The maximum absolute atomic E-state index is 11.1. The van der Waals surface area contributed by atoms with E-state index in [-0.39, 0.29) is 17.9 Å². The van der Waals surface area contributed by atoms with Gasteiger partial charge in [-0.3, -0.25) is 15.1 Å². The van der Waals surface area contributed by atoms with Gasteiger partial charge in [0.25, 0.3) is 0 Å². The van der Waals surface area contributed by atoms with E-state index in [0.29, 0.717) is 25.0 Å². The lowest BCUT2D eigenvalue weighted by Crippen LogP contribution is -2.24. The molecule has 1 atom stereocenters. The maximum Gasteiger partial charge on any atom is 0.234 e. The SMILES string of the molecule is CC(=O)Nc1nc(C)nc(NC(C)COCc2cccnc2)n1. The van der Waals surface area contributed by atoms with Crippen LogP contribution in [0.25, 0.3) is 0 Å².